The van der Waals surface area contributed by atoms with E-state index >= 15 is 0 Å². The molecule has 4 nitrogen and oxygen atoms in total. The molecular weight excluding hydrogens is 300 g/mol. The van der Waals surface area contributed by atoms with Crippen molar-refractivity contribution in [3.8, 4) is 5.75 Å². The average molecular weight is 328 g/mol. The van der Waals surface area contributed by atoms with Crippen molar-refractivity contribution in [1.29, 1.82) is 0 Å². The second-order valence-corrected chi connectivity index (χ2v) is 6.03. The number of nitrogens with zero attached hydrogens (tertiary/aromatic N) is 1. The molecule has 2 rings (SSSR count). The van der Waals surface area contributed by atoms with Crippen molar-refractivity contribution in [2.75, 3.05) is 19.7 Å². The molecule has 0 bridgehead atoms. The summed E-state index contributed by atoms with van der Waals surface area (Å²) in [7, 11) is 0. The molecule has 0 spiro atoms. The molecule has 0 saturated heterocycles. The predicted octanol–water partition coefficient (Wildman–Crippen LogP) is 2.80. The lowest BCUT2D eigenvalue weighted by atomic mass is 10.2. The maximum Gasteiger partial charge on any atom is 0.119 e. The zero-order valence-corrected chi connectivity index (χ0v) is 14.4. The van der Waals surface area contributed by atoms with E-state index in [1.807, 2.05) is 42.5 Å². The summed E-state index contributed by atoms with van der Waals surface area (Å²) in [4.78, 5) is 2.26. The number of benzene rings is 2. The lowest BCUT2D eigenvalue weighted by Gasteiger charge is -2.24. The molecule has 0 aliphatic carbocycles. The minimum atomic E-state index is -0.519. The number of aliphatic hydroxyl groups excluding tert-OH is 1. The smallest absolute Gasteiger partial charge is 0.119 e. The van der Waals surface area contributed by atoms with Crippen LogP contribution in [-0.4, -0.2) is 35.8 Å². The first-order chi connectivity index (χ1) is 11.7. The third-order valence-corrected chi connectivity index (χ3v) is 3.86. The van der Waals surface area contributed by atoms with Crippen LogP contribution in [0.2, 0.25) is 0 Å². The number of hydrogen-bond donors (Lipinski definition) is 2. The lowest BCUT2D eigenvalue weighted by molar-refractivity contribution is 0.0656. The summed E-state index contributed by atoms with van der Waals surface area (Å²) >= 11 is 0. The number of rotatable bonds is 10. The van der Waals surface area contributed by atoms with E-state index in [0.29, 0.717) is 13.1 Å². The predicted molar refractivity (Wildman–Crippen MR) is 97.8 cm³/mol. The molecule has 0 amide bonds. The van der Waals surface area contributed by atoms with Gasteiger partial charge in [0.25, 0.3) is 0 Å². The van der Waals surface area contributed by atoms with E-state index in [1.165, 1.54) is 5.56 Å². The van der Waals surface area contributed by atoms with Gasteiger partial charge in [0, 0.05) is 19.6 Å². The molecule has 2 aromatic rings. The first-order valence-electron chi connectivity index (χ1n) is 8.57. The lowest BCUT2D eigenvalue weighted by Crippen LogP contribution is -2.35. The van der Waals surface area contributed by atoms with Gasteiger partial charge in [0.05, 0.1) is 0 Å². The summed E-state index contributed by atoms with van der Waals surface area (Å²) in [5.41, 5.74) is 7.91. The summed E-state index contributed by atoms with van der Waals surface area (Å²) in [6, 6.07) is 18.0. The van der Waals surface area contributed by atoms with Gasteiger partial charge in [0.15, 0.2) is 0 Å². The minimum absolute atomic E-state index is 0.289. The van der Waals surface area contributed by atoms with Crippen LogP contribution in [0.25, 0.3) is 0 Å². The highest BCUT2D eigenvalue weighted by molar-refractivity contribution is 5.27. The van der Waals surface area contributed by atoms with E-state index in [0.717, 1.165) is 30.8 Å². The second kappa shape index (κ2) is 10.1. The molecule has 2 aromatic carbocycles. The largest absolute Gasteiger partial charge is 0.491 e. The number of hydrogen-bond acceptors (Lipinski definition) is 4. The molecule has 0 aliphatic heterocycles. The summed E-state index contributed by atoms with van der Waals surface area (Å²) in [6.45, 7) is 5.36. The Kier molecular flexibility index (Phi) is 7.75. The molecular formula is C20H28N2O2. The molecule has 0 radical (unpaired) electrons. The van der Waals surface area contributed by atoms with Gasteiger partial charge >= 0.3 is 0 Å². The Morgan fingerprint density at radius 2 is 1.75 bits per heavy atom. The maximum absolute atomic E-state index is 10.3. The van der Waals surface area contributed by atoms with Crippen LogP contribution in [0, 0.1) is 0 Å². The van der Waals surface area contributed by atoms with Crippen LogP contribution >= 0.6 is 0 Å². The molecule has 3 N–H and O–H groups in total. The fourth-order valence-corrected chi connectivity index (χ4v) is 2.66. The van der Waals surface area contributed by atoms with Gasteiger partial charge in [-0.05, 0) is 36.2 Å². The van der Waals surface area contributed by atoms with Crippen LogP contribution in [-0.2, 0) is 13.1 Å². The van der Waals surface area contributed by atoms with E-state index < -0.39 is 6.10 Å². The third-order valence-electron chi connectivity index (χ3n) is 3.86. The van der Waals surface area contributed by atoms with E-state index in [1.54, 1.807) is 0 Å². The van der Waals surface area contributed by atoms with Crippen molar-refractivity contribution < 1.29 is 9.84 Å². The van der Waals surface area contributed by atoms with Gasteiger partial charge in [0.2, 0.25) is 0 Å². The SMILES string of the molecule is CCCN(Cc1ccccc1)CC(O)COc1ccc(CN)cc1. The Labute approximate surface area is 144 Å². The molecule has 0 aliphatic rings. The highest BCUT2D eigenvalue weighted by Crippen LogP contribution is 2.12. The molecule has 0 saturated carbocycles. The van der Waals surface area contributed by atoms with E-state index in [9.17, 15) is 5.11 Å². The zero-order chi connectivity index (χ0) is 17.2. The minimum Gasteiger partial charge on any atom is -0.491 e. The van der Waals surface area contributed by atoms with Gasteiger partial charge in [-0.15, -0.1) is 0 Å². The number of aliphatic hydroxyl groups is 1. The maximum atomic E-state index is 10.3. The fourth-order valence-electron chi connectivity index (χ4n) is 2.66. The monoisotopic (exact) mass is 328 g/mol. The van der Waals surface area contributed by atoms with Crippen molar-refractivity contribution in [1.82, 2.24) is 4.90 Å². The van der Waals surface area contributed by atoms with Crippen LogP contribution in [0.15, 0.2) is 54.6 Å². The van der Waals surface area contributed by atoms with Crippen molar-refractivity contribution in [3.05, 3.63) is 65.7 Å². The fraction of sp³-hybridized carbons (Fsp3) is 0.400. The first-order valence-corrected chi connectivity index (χ1v) is 8.57. The van der Waals surface area contributed by atoms with Crippen LogP contribution in [0.1, 0.15) is 24.5 Å². The van der Waals surface area contributed by atoms with Crippen LogP contribution in [0.4, 0.5) is 0 Å². The second-order valence-electron chi connectivity index (χ2n) is 6.03. The first kappa shape index (κ1) is 18.5. The Morgan fingerprint density at radius 1 is 1.04 bits per heavy atom. The highest BCUT2D eigenvalue weighted by Gasteiger charge is 2.12. The van der Waals surface area contributed by atoms with Crippen molar-refractivity contribution >= 4 is 0 Å². The summed E-state index contributed by atoms with van der Waals surface area (Å²) in [5.74, 6) is 0.761. The van der Waals surface area contributed by atoms with Crippen molar-refractivity contribution in [3.63, 3.8) is 0 Å². The standard InChI is InChI=1S/C20H28N2O2/c1-2-12-22(14-18-6-4-3-5-7-18)15-19(23)16-24-20-10-8-17(13-21)9-11-20/h3-11,19,23H,2,12-16,21H2,1H3. The van der Waals surface area contributed by atoms with Crippen LogP contribution < -0.4 is 10.5 Å². The Bertz CT molecular complexity index is 572. The summed E-state index contributed by atoms with van der Waals surface area (Å²) in [6.07, 6.45) is 0.537. The molecule has 0 fully saturated rings. The van der Waals surface area contributed by atoms with Crippen LogP contribution in [0.3, 0.4) is 0 Å². The van der Waals surface area contributed by atoms with Crippen LogP contribution in [0.5, 0.6) is 5.75 Å². The highest BCUT2D eigenvalue weighted by atomic mass is 16.5. The zero-order valence-electron chi connectivity index (χ0n) is 14.4. The van der Waals surface area contributed by atoms with Gasteiger partial charge in [-0.2, -0.15) is 0 Å². The molecule has 4 heteroatoms. The molecule has 1 atom stereocenters. The van der Waals surface area contributed by atoms with Gasteiger partial charge in [-0.25, -0.2) is 0 Å². The van der Waals surface area contributed by atoms with E-state index in [4.69, 9.17) is 10.5 Å². The molecule has 1 unspecified atom stereocenters. The van der Waals surface area contributed by atoms with E-state index in [-0.39, 0.29) is 6.61 Å². The summed E-state index contributed by atoms with van der Waals surface area (Å²) in [5, 5.41) is 10.3. The van der Waals surface area contributed by atoms with Gasteiger partial charge in [-0.3, -0.25) is 4.90 Å². The Hall–Kier alpha value is -1.88. The van der Waals surface area contributed by atoms with Gasteiger partial charge < -0.3 is 15.6 Å². The number of ether oxygens (including phenoxy) is 1. The Morgan fingerprint density at radius 3 is 2.38 bits per heavy atom. The topological polar surface area (TPSA) is 58.7 Å². The third kappa shape index (κ3) is 6.32. The molecule has 24 heavy (non-hydrogen) atoms. The average Bonchev–Trinajstić information content (AvgIpc) is 2.61. The number of nitrogens with two attached hydrogens (primary N) is 1. The van der Waals surface area contributed by atoms with E-state index in [2.05, 4.69) is 24.0 Å². The normalized spacial score (nSPS) is 12.3. The molecule has 130 valence electrons. The summed E-state index contributed by atoms with van der Waals surface area (Å²) < 4.78 is 5.68. The van der Waals surface area contributed by atoms with Crippen molar-refractivity contribution in [2.45, 2.75) is 32.5 Å². The van der Waals surface area contributed by atoms with Gasteiger partial charge in [0.1, 0.15) is 18.5 Å². The molecule has 0 aromatic heterocycles. The van der Waals surface area contributed by atoms with Gasteiger partial charge in [-0.1, -0.05) is 49.4 Å². The quantitative estimate of drug-likeness (QED) is 0.704. The molecule has 0 heterocycles. The Balaban J connectivity index is 1.82. The van der Waals surface area contributed by atoms with Crippen molar-refractivity contribution in [2.24, 2.45) is 5.73 Å².